The van der Waals surface area contributed by atoms with Gasteiger partial charge in [-0.15, -0.1) is 6.58 Å². The minimum absolute atomic E-state index is 0.335. The maximum absolute atomic E-state index is 12.6. The van der Waals surface area contributed by atoms with Crippen molar-refractivity contribution >= 4 is 5.97 Å². The fourth-order valence-electron chi connectivity index (χ4n) is 5.28. The van der Waals surface area contributed by atoms with E-state index < -0.39 is 0 Å². The van der Waals surface area contributed by atoms with Gasteiger partial charge < -0.3 is 9.47 Å². The molecule has 3 rings (SSSR count). The van der Waals surface area contributed by atoms with Crippen molar-refractivity contribution in [1.82, 2.24) is 0 Å². The number of carbonyl (C=O) groups excluding carboxylic acids is 1. The molecular formula is C33H46O3. The highest BCUT2D eigenvalue weighted by atomic mass is 16.5. The standard InChI is InChI=1S/C33H46O3/c1-3-5-6-7-8-9-10-26-35-31-24-20-30(21-25-31)33(34)36-32-22-18-29(19-23-32)17-16-28-14-12-27(11-4-2)13-15-28/h3,18-25,27-28H,1,4-17,26H2,2H3/t27-,28-. The van der Waals surface area contributed by atoms with Crippen LogP contribution in [0.1, 0.15) is 106 Å². The van der Waals surface area contributed by atoms with Crippen molar-refractivity contribution in [3.63, 3.8) is 0 Å². The number of aryl methyl sites for hydroxylation is 1. The normalized spacial score (nSPS) is 17.5. The first-order valence-electron chi connectivity index (χ1n) is 14.3. The molecule has 0 atom stereocenters. The Labute approximate surface area is 219 Å². The van der Waals surface area contributed by atoms with Gasteiger partial charge in [0.25, 0.3) is 0 Å². The number of carbonyl (C=O) groups is 1. The van der Waals surface area contributed by atoms with Crippen LogP contribution in [0.25, 0.3) is 0 Å². The lowest BCUT2D eigenvalue weighted by molar-refractivity contribution is 0.0734. The van der Waals surface area contributed by atoms with Crippen molar-refractivity contribution in [2.75, 3.05) is 6.61 Å². The van der Waals surface area contributed by atoms with E-state index in [-0.39, 0.29) is 5.97 Å². The summed E-state index contributed by atoms with van der Waals surface area (Å²) in [6.45, 7) is 6.77. The maximum Gasteiger partial charge on any atom is 0.343 e. The molecule has 0 aromatic heterocycles. The Morgan fingerprint density at radius 3 is 2.11 bits per heavy atom. The van der Waals surface area contributed by atoms with Crippen LogP contribution in [0.3, 0.4) is 0 Å². The monoisotopic (exact) mass is 490 g/mol. The van der Waals surface area contributed by atoms with Gasteiger partial charge >= 0.3 is 5.97 Å². The fraction of sp³-hybridized carbons (Fsp3) is 0.545. The molecule has 1 aliphatic carbocycles. The van der Waals surface area contributed by atoms with E-state index in [4.69, 9.17) is 9.47 Å². The summed E-state index contributed by atoms with van der Waals surface area (Å²) in [5, 5.41) is 0. The summed E-state index contributed by atoms with van der Waals surface area (Å²) >= 11 is 0. The van der Waals surface area contributed by atoms with Crippen LogP contribution in [-0.2, 0) is 6.42 Å². The van der Waals surface area contributed by atoms with E-state index in [1.54, 1.807) is 12.1 Å². The van der Waals surface area contributed by atoms with Crippen LogP contribution in [-0.4, -0.2) is 12.6 Å². The van der Waals surface area contributed by atoms with E-state index in [0.29, 0.717) is 17.9 Å². The average Bonchev–Trinajstić information content (AvgIpc) is 2.91. The van der Waals surface area contributed by atoms with Gasteiger partial charge in [-0.2, -0.15) is 0 Å². The van der Waals surface area contributed by atoms with Crippen molar-refractivity contribution in [1.29, 1.82) is 0 Å². The number of esters is 1. The summed E-state index contributed by atoms with van der Waals surface area (Å²) in [6, 6.07) is 15.3. The molecule has 0 radical (unpaired) electrons. The van der Waals surface area contributed by atoms with Crippen LogP contribution in [0.2, 0.25) is 0 Å². The minimum atomic E-state index is -0.335. The third-order valence-corrected chi connectivity index (χ3v) is 7.55. The predicted molar refractivity (Wildman–Crippen MR) is 150 cm³/mol. The number of hydrogen-bond donors (Lipinski definition) is 0. The fourth-order valence-corrected chi connectivity index (χ4v) is 5.28. The van der Waals surface area contributed by atoms with Gasteiger partial charge in [-0.3, -0.25) is 0 Å². The van der Waals surface area contributed by atoms with Crippen molar-refractivity contribution in [2.24, 2.45) is 11.8 Å². The predicted octanol–water partition coefficient (Wildman–Crippen LogP) is 9.35. The summed E-state index contributed by atoms with van der Waals surface area (Å²) in [6.07, 6.45) is 19.8. The van der Waals surface area contributed by atoms with E-state index in [1.165, 1.54) is 76.2 Å². The van der Waals surface area contributed by atoms with Gasteiger partial charge in [-0.05, 0) is 85.9 Å². The highest BCUT2D eigenvalue weighted by Crippen LogP contribution is 2.34. The Morgan fingerprint density at radius 1 is 0.833 bits per heavy atom. The van der Waals surface area contributed by atoms with Gasteiger partial charge in [-0.1, -0.05) is 82.9 Å². The summed E-state index contributed by atoms with van der Waals surface area (Å²) < 4.78 is 11.4. The van der Waals surface area contributed by atoms with E-state index >= 15 is 0 Å². The van der Waals surface area contributed by atoms with Gasteiger partial charge in [0.1, 0.15) is 11.5 Å². The van der Waals surface area contributed by atoms with Gasteiger partial charge in [0.05, 0.1) is 12.2 Å². The van der Waals surface area contributed by atoms with E-state index in [9.17, 15) is 4.79 Å². The van der Waals surface area contributed by atoms with Gasteiger partial charge in [0.2, 0.25) is 0 Å². The second-order valence-corrected chi connectivity index (χ2v) is 10.5. The quantitative estimate of drug-likeness (QED) is 0.102. The third-order valence-electron chi connectivity index (χ3n) is 7.55. The molecule has 1 aliphatic rings. The molecule has 2 aromatic carbocycles. The molecule has 1 saturated carbocycles. The Kier molecular flexibility index (Phi) is 12.6. The zero-order valence-electron chi connectivity index (χ0n) is 22.4. The van der Waals surface area contributed by atoms with Crippen LogP contribution in [0.15, 0.2) is 61.2 Å². The van der Waals surface area contributed by atoms with Crippen molar-refractivity contribution in [3.8, 4) is 11.5 Å². The van der Waals surface area contributed by atoms with Gasteiger partial charge in [0.15, 0.2) is 0 Å². The molecule has 0 spiro atoms. The summed E-state index contributed by atoms with van der Waals surface area (Å²) in [7, 11) is 0. The number of rotatable bonds is 16. The Hall–Kier alpha value is -2.55. The second kappa shape index (κ2) is 16.2. The molecule has 0 bridgehead atoms. The lowest BCUT2D eigenvalue weighted by atomic mass is 9.78. The Morgan fingerprint density at radius 2 is 1.44 bits per heavy atom. The van der Waals surface area contributed by atoms with Crippen molar-refractivity contribution in [2.45, 2.75) is 96.8 Å². The molecule has 0 unspecified atom stereocenters. The molecule has 3 nitrogen and oxygen atoms in total. The van der Waals surface area contributed by atoms with Crippen LogP contribution in [0, 0.1) is 11.8 Å². The number of ether oxygens (including phenoxy) is 2. The summed E-state index contributed by atoms with van der Waals surface area (Å²) in [4.78, 5) is 12.6. The molecule has 1 fully saturated rings. The van der Waals surface area contributed by atoms with E-state index in [2.05, 4.69) is 25.6 Å². The average molecular weight is 491 g/mol. The molecule has 0 aliphatic heterocycles. The van der Waals surface area contributed by atoms with Crippen molar-refractivity contribution in [3.05, 3.63) is 72.3 Å². The van der Waals surface area contributed by atoms with Crippen LogP contribution < -0.4 is 9.47 Å². The molecule has 196 valence electrons. The number of unbranched alkanes of at least 4 members (excludes halogenated alkanes) is 5. The number of hydrogen-bond acceptors (Lipinski definition) is 3. The van der Waals surface area contributed by atoms with E-state index in [1.807, 2.05) is 30.3 Å². The Bertz CT molecular complexity index is 876. The van der Waals surface area contributed by atoms with Crippen LogP contribution >= 0.6 is 0 Å². The molecule has 0 heterocycles. The molecule has 0 saturated heterocycles. The first kappa shape index (κ1) is 28.0. The number of allylic oxidation sites excluding steroid dienone is 1. The number of benzene rings is 2. The highest BCUT2D eigenvalue weighted by molar-refractivity contribution is 5.91. The minimum Gasteiger partial charge on any atom is -0.494 e. The van der Waals surface area contributed by atoms with Crippen LogP contribution in [0.4, 0.5) is 0 Å². The lowest BCUT2D eigenvalue weighted by Gasteiger charge is -2.28. The van der Waals surface area contributed by atoms with Gasteiger partial charge in [-0.25, -0.2) is 4.79 Å². The molecule has 2 aromatic rings. The zero-order valence-corrected chi connectivity index (χ0v) is 22.4. The van der Waals surface area contributed by atoms with Gasteiger partial charge in [0, 0.05) is 0 Å². The summed E-state index contributed by atoms with van der Waals surface area (Å²) in [5.74, 6) is 2.89. The summed E-state index contributed by atoms with van der Waals surface area (Å²) in [5.41, 5.74) is 1.86. The lowest BCUT2D eigenvalue weighted by Crippen LogP contribution is -2.15. The van der Waals surface area contributed by atoms with Crippen molar-refractivity contribution < 1.29 is 14.3 Å². The highest BCUT2D eigenvalue weighted by Gasteiger charge is 2.20. The molecule has 0 N–H and O–H groups in total. The first-order valence-corrected chi connectivity index (χ1v) is 14.3. The topological polar surface area (TPSA) is 35.5 Å². The molecule has 36 heavy (non-hydrogen) atoms. The SMILES string of the molecule is C=CCCCCCCCOc1ccc(C(=O)Oc2ccc(CC[C@H]3CC[C@H](CCC)CC3)cc2)cc1. The largest absolute Gasteiger partial charge is 0.494 e. The molecule has 0 amide bonds. The van der Waals surface area contributed by atoms with E-state index in [0.717, 1.165) is 36.8 Å². The third kappa shape index (κ3) is 10.2. The van der Waals surface area contributed by atoms with Crippen LogP contribution in [0.5, 0.6) is 11.5 Å². The molecule has 3 heteroatoms. The first-order chi connectivity index (χ1) is 17.7. The molecular weight excluding hydrogens is 444 g/mol. The smallest absolute Gasteiger partial charge is 0.343 e. The second-order valence-electron chi connectivity index (χ2n) is 10.5. The zero-order chi connectivity index (χ0) is 25.4. The maximum atomic E-state index is 12.6. The Balaban J connectivity index is 1.33.